The topological polar surface area (TPSA) is 58.6 Å². The van der Waals surface area contributed by atoms with Crippen molar-refractivity contribution in [1.82, 2.24) is 14.9 Å². The first-order chi connectivity index (χ1) is 10.7. The molecule has 120 valence electrons. The standard InChI is InChI=1S/C15H22N4O2S/c1-3-21-15(20)19-8-6-18(7-9-19)14-13-12(5-4-10-22-13)16-11(2)17-14/h3-10H2,1-2H3. The molecule has 0 spiro atoms. The van der Waals surface area contributed by atoms with Crippen LogP contribution in [0, 0.1) is 6.92 Å². The third-order valence-corrected chi connectivity index (χ3v) is 5.14. The maximum Gasteiger partial charge on any atom is 0.409 e. The maximum atomic E-state index is 11.8. The van der Waals surface area contributed by atoms with Crippen LogP contribution in [0.25, 0.3) is 0 Å². The van der Waals surface area contributed by atoms with Crippen LogP contribution in [-0.4, -0.2) is 59.5 Å². The Hall–Kier alpha value is -1.50. The van der Waals surface area contributed by atoms with E-state index >= 15 is 0 Å². The van der Waals surface area contributed by atoms with Gasteiger partial charge in [0.1, 0.15) is 11.6 Å². The average Bonchev–Trinajstić information content (AvgIpc) is 2.54. The molecule has 1 saturated heterocycles. The monoisotopic (exact) mass is 322 g/mol. The normalized spacial score (nSPS) is 18.1. The molecule has 3 rings (SSSR count). The first-order valence-electron chi connectivity index (χ1n) is 7.86. The molecular formula is C15H22N4O2S. The van der Waals surface area contributed by atoms with Crippen molar-refractivity contribution in [2.45, 2.75) is 31.6 Å². The summed E-state index contributed by atoms with van der Waals surface area (Å²) in [6, 6.07) is 0. The van der Waals surface area contributed by atoms with Crippen LogP contribution >= 0.6 is 11.8 Å². The minimum Gasteiger partial charge on any atom is -0.450 e. The summed E-state index contributed by atoms with van der Waals surface area (Å²) in [5, 5.41) is 0. The van der Waals surface area contributed by atoms with Gasteiger partial charge in [-0.1, -0.05) is 0 Å². The lowest BCUT2D eigenvalue weighted by atomic mass is 10.2. The van der Waals surface area contributed by atoms with E-state index in [1.165, 1.54) is 17.0 Å². The van der Waals surface area contributed by atoms with Gasteiger partial charge in [-0.3, -0.25) is 0 Å². The number of amides is 1. The summed E-state index contributed by atoms with van der Waals surface area (Å²) in [7, 11) is 0. The second-order valence-corrected chi connectivity index (χ2v) is 6.60. The Kier molecular flexibility index (Phi) is 4.71. The fourth-order valence-corrected chi connectivity index (χ4v) is 3.98. The first-order valence-corrected chi connectivity index (χ1v) is 8.84. The molecule has 0 unspecified atom stereocenters. The number of ether oxygens (including phenoxy) is 1. The Morgan fingerprint density at radius 1 is 1.27 bits per heavy atom. The van der Waals surface area contributed by atoms with Gasteiger partial charge in [0, 0.05) is 26.2 Å². The van der Waals surface area contributed by atoms with E-state index in [4.69, 9.17) is 4.74 Å². The molecule has 1 aromatic rings. The smallest absolute Gasteiger partial charge is 0.409 e. The summed E-state index contributed by atoms with van der Waals surface area (Å²) in [5.41, 5.74) is 1.19. The number of nitrogens with zero attached hydrogens (tertiary/aromatic N) is 4. The van der Waals surface area contributed by atoms with Crippen LogP contribution in [0.5, 0.6) is 0 Å². The van der Waals surface area contributed by atoms with Crippen LogP contribution in [0.4, 0.5) is 10.6 Å². The van der Waals surface area contributed by atoms with Crippen molar-refractivity contribution in [3.8, 4) is 0 Å². The quantitative estimate of drug-likeness (QED) is 0.831. The molecule has 7 heteroatoms. The molecule has 0 atom stereocenters. The third kappa shape index (κ3) is 3.14. The molecule has 0 aliphatic carbocycles. The van der Waals surface area contributed by atoms with Crippen molar-refractivity contribution in [2.75, 3.05) is 43.4 Å². The number of anilines is 1. The van der Waals surface area contributed by atoms with Crippen LogP contribution in [0.1, 0.15) is 24.9 Å². The predicted molar refractivity (Wildman–Crippen MR) is 86.6 cm³/mol. The molecule has 0 radical (unpaired) electrons. The lowest BCUT2D eigenvalue weighted by molar-refractivity contribution is 0.105. The maximum absolute atomic E-state index is 11.8. The second-order valence-electron chi connectivity index (χ2n) is 5.50. The Morgan fingerprint density at radius 2 is 2.05 bits per heavy atom. The minimum absolute atomic E-state index is 0.211. The molecule has 1 aromatic heterocycles. The van der Waals surface area contributed by atoms with E-state index in [1.807, 2.05) is 25.6 Å². The van der Waals surface area contributed by atoms with Crippen molar-refractivity contribution in [2.24, 2.45) is 0 Å². The molecule has 0 aromatic carbocycles. The Balaban J connectivity index is 1.74. The Labute approximate surface area is 135 Å². The fraction of sp³-hybridized carbons (Fsp3) is 0.667. The highest BCUT2D eigenvalue weighted by Crippen LogP contribution is 2.36. The van der Waals surface area contributed by atoms with E-state index in [0.717, 1.165) is 36.9 Å². The summed E-state index contributed by atoms with van der Waals surface area (Å²) in [4.78, 5) is 26.3. The summed E-state index contributed by atoms with van der Waals surface area (Å²) in [6.45, 7) is 7.17. The van der Waals surface area contributed by atoms with Crippen LogP contribution < -0.4 is 4.90 Å². The van der Waals surface area contributed by atoms with E-state index < -0.39 is 0 Å². The molecule has 3 heterocycles. The highest BCUT2D eigenvalue weighted by molar-refractivity contribution is 7.99. The zero-order valence-electron chi connectivity index (χ0n) is 13.2. The minimum atomic E-state index is -0.211. The zero-order chi connectivity index (χ0) is 15.5. The number of hydrogen-bond donors (Lipinski definition) is 0. The second kappa shape index (κ2) is 6.73. The van der Waals surface area contributed by atoms with Gasteiger partial charge in [0.2, 0.25) is 0 Å². The third-order valence-electron chi connectivity index (χ3n) is 3.94. The molecule has 1 fully saturated rings. The number of carbonyl (C=O) groups is 1. The number of carbonyl (C=O) groups excluding carboxylic acids is 1. The van der Waals surface area contributed by atoms with Gasteiger partial charge in [-0.15, -0.1) is 11.8 Å². The fourth-order valence-electron chi connectivity index (χ4n) is 2.87. The Morgan fingerprint density at radius 3 is 2.77 bits per heavy atom. The number of fused-ring (bicyclic) bond motifs is 1. The van der Waals surface area contributed by atoms with Crippen molar-refractivity contribution in [3.05, 3.63) is 11.5 Å². The van der Waals surface area contributed by atoms with Crippen LogP contribution in [0.3, 0.4) is 0 Å². The summed E-state index contributed by atoms with van der Waals surface area (Å²) in [6.07, 6.45) is 2.02. The lowest BCUT2D eigenvalue weighted by Crippen LogP contribution is -2.49. The Bertz CT molecular complexity index is 559. The molecule has 2 aliphatic heterocycles. The lowest BCUT2D eigenvalue weighted by Gasteiger charge is -2.36. The molecule has 0 N–H and O–H groups in total. The molecule has 1 amide bonds. The SMILES string of the molecule is CCOC(=O)N1CCN(c2nc(C)nc3c2SCCC3)CC1. The van der Waals surface area contributed by atoms with Crippen LogP contribution in [-0.2, 0) is 11.2 Å². The number of piperazine rings is 1. The van der Waals surface area contributed by atoms with Gasteiger partial charge < -0.3 is 14.5 Å². The summed E-state index contributed by atoms with van der Waals surface area (Å²) < 4.78 is 5.07. The number of hydrogen-bond acceptors (Lipinski definition) is 6. The van der Waals surface area contributed by atoms with Gasteiger partial charge >= 0.3 is 6.09 Å². The van der Waals surface area contributed by atoms with E-state index in [2.05, 4.69) is 14.9 Å². The van der Waals surface area contributed by atoms with Gasteiger partial charge in [0.25, 0.3) is 0 Å². The van der Waals surface area contributed by atoms with Crippen LogP contribution in [0.2, 0.25) is 0 Å². The number of thioether (sulfide) groups is 1. The first kappa shape index (κ1) is 15.4. The number of aryl methyl sites for hydroxylation is 2. The largest absolute Gasteiger partial charge is 0.450 e. The van der Waals surface area contributed by atoms with Gasteiger partial charge in [-0.05, 0) is 32.4 Å². The number of rotatable bonds is 2. The average molecular weight is 322 g/mol. The van der Waals surface area contributed by atoms with E-state index in [-0.39, 0.29) is 6.09 Å². The van der Waals surface area contributed by atoms with Crippen molar-refractivity contribution >= 4 is 23.7 Å². The van der Waals surface area contributed by atoms with Crippen LogP contribution in [0.15, 0.2) is 4.90 Å². The zero-order valence-corrected chi connectivity index (χ0v) is 14.0. The van der Waals surface area contributed by atoms with Gasteiger partial charge in [-0.2, -0.15) is 0 Å². The highest BCUT2D eigenvalue weighted by Gasteiger charge is 2.26. The summed E-state index contributed by atoms with van der Waals surface area (Å²) in [5.74, 6) is 3.02. The molecule has 0 saturated carbocycles. The van der Waals surface area contributed by atoms with E-state index in [9.17, 15) is 4.79 Å². The van der Waals surface area contributed by atoms with Crippen molar-refractivity contribution < 1.29 is 9.53 Å². The van der Waals surface area contributed by atoms with E-state index in [0.29, 0.717) is 19.7 Å². The van der Waals surface area contributed by atoms with Crippen molar-refractivity contribution in [3.63, 3.8) is 0 Å². The molecule has 0 bridgehead atoms. The molecule has 6 nitrogen and oxygen atoms in total. The highest BCUT2D eigenvalue weighted by atomic mass is 32.2. The molecule has 22 heavy (non-hydrogen) atoms. The molecular weight excluding hydrogens is 300 g/mol. The molecule has 2 aliphatic rings. The van der Waals surface area contributed by atoms with Gasteiger partial charge in [-0.25, -0.2) is 14.8 Å². The van der Waals surface area contributed by atoms with Crippen molar-refractivity contribution in [1.29, 1.82) is 0 Å². The predicted octanol–water partition coefficient (Wildman–Crippen LogP) is 2.10. The van der Waals surface area contributed by atoms with Gasteiger partial charge in [0.05, 0.1) is 17.2 Å². The number of aromatic nitrogens is 2. The van der Waals surface area contributed by atoms with Gasteiger partial charge in [0.15, 0.2) is 0 Å². The summed E-state index contributed by atoms with van der Waals surface area (Å²) >= 11 is 1.86. The van der Waals surface area contributed by atoms with E-state index in [1.54, 1.807) is 4.90 Å².